The molecule has 0 saturated carbocycles. The monoisotopic (exact) mass is 159 g/mol. The average molecular weight is 159 g/mol. The summed E-state index contributed by atoms with van der Waals surface area (Å²) < 4.78 is 0. The molecule has 0 heterocycles. The second-order valence-electron chi connectivity index (χ2n) is 3.11. The van der Waals surface area contributed by atoms with Crippen LogP contribution in [0.15, 0.2) is 42.1 Å². The number of hydrogen-bond donors (Lipinski definition) is 1. The summed E-state index contributed by atoms with van der Waals surface area (Å²) in [5, 5.41) is 3.40. The van der Waals surface area contributed by atoms with Crippen molar-refractivity contribution in [1.29, 1.82) is 0 Å². The first-order valence-electron chi connectivity index (χ1n) is 4.46. The fourth-order valence-electron chi connectivity index (χ4n) is 1.49. The van der Waals surface area contributed by atoms with E-state index in [2.05, 4.69) is 35.7 Å². The molecule has 1 heteroatoms. The minimum Gasteiger partial charge on any atom is -0.359 e. The number of anilines is 1. The van der Waals surface area contributed by atoms with Crippen LogP contribution in [-0.2, 0) is 0 Å². The predicted molar refractivity (Wildman–Crippen MR) is 52.0 cm³/mol. The summed E-state index contributed by atoms with van der Waals surface area (Å²) in [4.78, 5) is 0. The fourth-order valence-corrected chi connectivity index (χ4v) is 1.49. The van der Waals surface area contributed by atoms with Gasteiger partial charge in [0.25, 0.3) is 0 Å². The quantitative estimate of drug-likeness (QED) is 0.698. The van der Waals surface area contributed by atoms with Crippen molar-refractivity contribution >= 4 is 5.69 Å². The highest BCUT2D eigenvalue weighted by atomic mass is 14.9. The molecule has 0 unspecified atom stereocenters. The van der Waals surface area contributed by atoms with Crippen LogP contribution in [0.25, 0.3) is 0 Å². The standard InChI is InChI=1S/C11H13N/c1-2-6-10(7-3-1)12-11-8-4-5-9-11/h1-3,6-8,12H,4-5,9H2. The molecular formula is C11H13N. The van der Waals surface area contributed by atoms with Crippen LogP contribution in [-0.4, -0.2) is 0 Å². The van der Waals surface area contributed by atoms with Gasteiger partial charge in [-0.3, -0.25) is 0 Å². The lowest BCUT2D eigenvalue weighted by atomic mass is 10.3. The van der Waals surface area contributed by atoms with Gasteiger partial charge in [-0.05, 0) is 31.4 Å². The van der Waals surface area contributed by atoms with Gasteiger partial charge >= 0.3 is 0 Å². The molecule has 0 spiro atoms. The van der Waals surface area contributed by atoms with Crippen molar-refractivity contribution in [2.24, 2.45) is 0 Å². The molecule has 0 bridgehead atoms. The zero-order valence-electron chi connectivity index (χ0n) is 7.09. The van der Waals surface area contributed by atoms with Crippen molar-refractivity contribution < 1.29 is 0 Å². The van der Waals surface area contributed by atoms with Gasteiger partial charge < -0.3 is 5.32 Å². The summed E-state index contributed by atoms with van der Waals surface area (Å²) in [5.74, 6) is 0. The first-order chi connectivity index (χ1) is 5.95. The lowest BCUT2D eigenvalue weighted by Crippen LogP contribution is -1.95. The van der Waals surface area contributed by atoms with Gasteiger partial charge in [-0.2, -0.15) is 0 Å². The normalized spacial score (nSPS) is 15.8. The molecule has 0 radical (unpaired) electrons. The minimum atomic E-state index is 1.20. The summed E-state index contributed by atoms with van der Waals surface area (Å²) in [6.07, 6.45) is 6.02. The maximum atomic E-state index is 3.40. The first kappa shape index (κ1) is 7.41. The smallest absolute Gasteiger partial charge is 0.0381 e. The molecule has 0 aliphatic heterocycles. The molecule has 0 amide bonds. The molecule has 2 rings (SSSR count). The number of allylic oxidation sites excluding steroid dienone is 2. The van der Waals surface area contributed by atoms with E-state index in [9.17, 15) is 0 Å². The molecule has 1 aliphatic carbocycles. The van der Waals surface area contributed by atoms with E-state index in [0.717, 1.165) is 0 Å². The highest BCUT2D eigenvalue weighted by molar-refractivity contribution is 5.48. The van der Waals surface area contributed by atoms with Crippen LogP contribution in [0.5, 0.6) is 0 Å². The molecule has 1 nitrogen and oxygen atoms in total. The van der Waals surface area contributed by atoms with Crippen molar-refractivity contribution in [2.75, 3.05) is 5.32 Å². The van der Waals surface area contributed by atoms with Gasteiger partial charge in [0, 0.05) is 11.4 Å². The van der Waals surface area contributed by atoms with Crippen LogP contribution in [0.1, 0.15) is 19.3 Å². The van der Waals surface area contributed by atoms with Gasteiger partial charge in [-0.25, -0.2) is 0 Å². The largest absolute Gasteiger partial charge is 0.359 e. The summed E-state index contributed by atoms with van der Waals surface area (Å²) in [7, 11) is 0. The van der Waals surface area contributed by atoms with E-state index >= 15 is 0 Å². The van der Waals surface area contributed by atoms with Crippen molar-refractivity contribution in [3.8, 4) is 0 Å². The fraction of sp³-hybridized carbons (Fsp3) is 0.273. The van der Waals surface area contributed by atoms with Gasteiger partial charge in [0.15, 0.2) is 0 Å². The maximum Gasteiger partial charge on any atom is 0.0381 e. The minimum absolute atomic E-state index is 1.20. The molecule has 0 saturated heterocycles. The van der Waals surface area contributed by atoms with Crippen molar-refractivity contribution in [2.45, 2.75) is 19.3 Å². The Morgan fingerprint density at radius 3 is 2.58 bits per heavy atom. The highest BCUT2D eigenvalue weighted by Crippen LogP contribution is 2.19. The Kier molecular flexibility index (Phi) is 2.12. The van der Waals surface area contributed by atoms with Crippen LogP contribution in [0, 0.1) is 0 Å². The number of hydrogen-bond acceptors (Lipinski definition) is 1. The molecule has 0 atom stereocenters. The predicted octanol–water partition coefficient (Wildman–Crippen LogP) is 3.17. The Morgan fingerprint density at radius 2 is 1.92 bits per heavy atom. The highest BCUT2D eigenvalue weighted by Gasteiger charge is 2.02. The molecule has 62 valence electrons. The van der Waals surface area contributed by atoms with Crippen LogP contribution in [0.2, 0.25) is 0 Å². The van der Waals surface area contributed by atoms with Crippen molar-refractivity contribution in [3.05, 3.63) is 42.1 Å². The molecular weight excluding hydrogens is 146 g/mol. The summed E-state index contributed by atoms with van der Waals surface area (Å²) in [6, 6.07) is 10.3. The Morgan fingerprint density at radius 1 is 1.08 bits per heavy atom. The molecule has 1 aliphatic rings. The van der Waals surface area contributed by atoms with E-state index in [-0.39, 0.29) is 0 Å². The molecule has 0 fully saturated rings. The zero-order chi connectivity index (χ0) is 8.23. The van der Waals surface area contributed by atoms with Crippen molar-refractivity contribution in [3.63, 3.8) is 0 Å². The van der Waals surface area contributed by atoms with Gasteiger partial charge in [-0.1, -0.05) is 24.3 Å². The molecule has 12 heavy (non-hydrogen) atoms. The van der Waals surface area contributed by atoms with Gasteiger partial charge in [0.1, 0.15) is 0 Å². The molecule has 1 aromatic rings. The van der Waals surface area contributed by atoms with Crippen LogP contribution < -0.4 is 5.32 Å². The second kappa shape index (κ2) is 3.44. The van der Waals surface area contributed by atoms with E-state index < -0.39 is 0 Å². The zero-order valence-corrected chi connectivity index (χ0v) is 7.09. The third kappa shape index (κ3) is 1.67. The van der Waals surface area contributed by atoms with Crippen molar-refractivity contribution in [1.82, 2.24) is 0 Å². The van der Waals surface area contributed by atoms with Crippen LogP contribution >= 0.6 is 0 Å². The number of para-hydroxylation sites is 1. The molecule has 1 aromatic carbocycles. The number of benzene rings is 1. The van der Waals surface area contributed by atoms with E-state index in [1.54, 1.807) is 0 Å². The Labute approximate surface area is 73.1 Å². The summed E-state index contributed by atoms with van der Waals surface area (Å²) >= 11 is 0. The lowest BCUT2D eigenvalue weighted by Gasteiger charge is -2.05. The van der Waals surface area contributed by atoms with E-state index in [4.69, 9.17) is 0 Å². The molecule has 0 aromatic heterocycles. The third-order valence-electron chi connectivity index (χ3n) is 2.12. The SMILES string of the molecule is C1=C(Nc2ccccc2)CCC1. The lowest BCUT2D eigenvalue weighted by molar-refractivity contribution is 0.908. The Balaban J connectivity index is 2.04. The van der Waals surface area contributed by atoms with Gasteiger partial charge in [0.05, 0.1) is 0 Å². The Bertz CT molecular complexity index is 274. The Hall–Kier alpha value is -1.24. The van der Waals surface area contributed by atoms with Gasteiger partial charge in [-0.15, -0.1) is 0 Å². The van der Waals surface area contributed by atoms with Gasteiger partial charge in [0.2, 0.25) is 0 Å². The summed E-state index contributed by atoms with van der Waals surface area (Å²) in [6.45, 7) is 0. The van der Waals surface area contributed by atoms with Crippen LogP contribution in [0.3, 0.4) is 0 Å². The third-order valence-corrected chi connectivity index (χ3v) is 2.12. The van der Waals surface area contributed by atoms with E-state index in [0.29, 0.717) is 0 Å². The number of nitrogens with one attached hydrogen (secondary N) is 1. The summed E-state index contributed by atoms with van der Waals surface area (Å²) in [5.41, 5.74) is 2.58. The number of rotatable bonds is 2. The van der Waals surface area contributed by atoms with E-state index in [1.165, 1.54) is 30.6 Å². The first-order valence-corrected chi connectivity index (χ1v) is 4.46. The van der Waals surface area contributed by atoms with E-state index in [1.807, 2.05) is 6.07 Å². The molecule has 1 N–H and O–H groups in total. The second-order valence-corrected chi connectivity index (χ2v) is 3.11. The van der Waals surface area contributed by atoms with Crippen LogP contribution in [0.4, 0.5) is 5.69 Å². The average Bonchev–Trinajstić information content (AvgIpc) is 2.59. The maximum absolute atomic E-state index is 3.40. The topological polar surface area (TPSA) is 12.0 Å².